The van der Waals surface area contributed by atoms with Gasteiger partial charge in [0.05, 0.1) is 11.4 Å². The summed E-state index contributed by atoms with van der Waals surface area (Å²) in [6.45, 7) is 9.16. The van der Waals surface area contributed by atoms with Gasteiger partial charge < -0.3 is 20.0 Å². The zero-order valence-electron chi connectivity index (χ0n) is 29.5. The van der Waals surface area contributed by atoms with Crippen molar-refractivity contribution in [2.75, 3.05) is 81.2 Å². The number of nitrogens with one attached hydrogen (secondary N) is 3. The highest BCUT2D eigenvalue weighted by atomic mass is 35.5. The van der Waals surface area contributed by atoms with E-state index in [1.807, 2.05) is 0 Å². The quantitative estimate of drug-likeness (QED) is 0.319. The number of rotatable bonds is 7. The van der Waals surface area contributed by atoms with E-state index in [4.69, 9.17) is 9.97 Å². The van der Waals surface area contributed by atoms with Crippen LogP contribution in [-0.4, -0.2) is 91.3 Å². The van der Waals surface area contributed by atoms with Crippen molar-refractivity contribution in [1.82, 2.24) is 30.2 Å². The van der Waals surface area contributed by atoms with Crippen LogP contribution in [0.1, 0.15) is 93.0 Å². The Morgan fingerprint density at radius 1 is 0.673 bits per heavy atom. The van der Waals surface area contributed by atoms with Crippen LogP contribution >= 0.6 is 12.4 Å². The van der Waals surface area contributed by atoms with Gasteiger partial charge in [0.25, 0.3) is 11.1 Å². The first kappa shape index (κ1) is 36.9. The highest BCUT2D eigenvalue weighted by Gasteiger charge is 2.24. The summed E-state index contributed by atoms with van der Waals surface area (Å²) in [7, 11) is 4.14. The van der Waals surface area contributed by atoms with Crippen molar-refractivity contribution in [3.8, 4) is 0 Å². The first-order valence-corrected chi connectivity index (χ1v) is 18.3. The maximum atomic E-state index is 12.2. The van der Waals surface area contributed by atoms with Gasteiger partial charge in [-0.15, -0.1) is 12.4 Å². The third-order valence-corrected chi connectivity index (χ3v) is 10.4. The number of anilines is 3. The lowest BCUT2D eigenvalue weighted by Crippen LogP contribution is -2.35. The molecule has 0 amide bonds. The highest BCUT2D eigenvalue weighted by Crippen LogP contribution is 2.28. The topological polar surface area (TPSA) is 116 Å². The third kappa shape index (κ3) is 10.3. The first-order chi connectivity index (χ1) is 23.4. The summed E-state index contributed by atoms with van der Waals surface area (Å²) in [4.78, 5) is 48.6. The Kier molecular flexibility index (Phi) is 13.5. The monoisotopic (exact) mass is 693 g/mol. The van der Waals surface area contributed by atoms with Gasteiger partial charge in [0, 0.05) is 76.5 Å². The minimum Gasteiger partial charge on any atom is -0.378 e. The molecule has 3 aromatic rings. The van der Waals surface area contributed by atoms with Gasteiger partial charge in [-0.25, -0.2) is 9.97 Å². The van der Waals surface area contributed by atoms with Crippen LogP contribution in [-0.2, 0) is 6.54 Å². The van der Waals surface area contributed by atoms with E-state index < -0.39 is 0 Å². The lowest BCUT2D eigenvalue weighted by atomic mass is 9.93. The molecule has 0 aliphatic carbocycles. The fourth-order valence-corrected chi connectivity index (χ4v) is 7.52. The molecule has 0 radical (unpaired) electrons. The first-order valence-electron chi connectivity index (χ1n) is 18.3. The van der Waals surface area contributed by atoms with Gasteiger partial charge in [-0.1, -0.05) is 12.1 Å². The number of piperidine rings is 4. The van der Waals surface area contributed by atoms with Crippen LogP contribution in [0, 0.1) is 0 Å². The van der Waals surface area contributed by atoms with E-state index in [9.17, 15) is 9.59 Å². The lowest BCUT2D eigenvalue weighted by Gasteiger charge is -2.32. The number of H-pyrrole nitrogens is 2. The summed E-state index contributed by atoms with van der Waals surface area (Å²) in [6, 6.07) is 12.2. The predicted octanol–water partition coefficient (Wildman–Crippen LogP) is 4.85. The number of aromatic nitrogens is 4. The van der Waals surface area contributed by atoms with Gasteiger partial charge >= 0.3 is 0 Å². The molecule has 268 valence electrons. The second-order valence-electron chi connectivity index (χ2n) is 14.2. The van der Waals surface area contributed by atoms with E-state index in [1.165, 1.54) is 49.8 Å². The summed E-state index contributed by atoms with van der Waals surface area (Å²) < 4.78 is 0. The Hall–Kier alpha value is -3.41. The van der Waals surface area contributed by atoms with Crippen LogP contribution in [0.2, 0.25) is 0 Å². The second kappa shape index (κ2) is 18.0. The maximum absolute atomic E-state index is 12.2. The van der Waals surface area contributed by atoms with Crippen molar-refractivity contribution in [2.24, 2.45) is 0 Å². The Balaban J connectivity index is 0.000000203. The van der Waals surface area contributed by atoms with Crippen molar-refractivity contribution < 1.29 is 0 Å². The Bertz CT molecular complexity index is 1510. The van der Waals surface area contributed by atoms with Crippen LogP contribution in [0.5, 0.6) is 0 Å². The van der Waals surface area contributed by atoms with Gasteiger partial charge in [-0.3, -0.25) is 24.5 Å². The SMILES string of the molecule is CN(C)c1ccc(CN2CCC(c3cc(=O)[nH]c(N4CCCCC4)n3)CC2)cc1.Cl.O=c1cc(C2CCNCC2)nc(N2CCCCC2)[nH]1. The minimum absolute atomic E-state index is 0. The van der Waals surface area contributed by atoms with Crippen LogP contribution < -0.4 is 31.1 Å². The van der Waals surface area contributed by atoms with Gasteiger partial charge in [0.15, 0.2) is 0 Å². The van der Waals surface area contributed by atoms with Crippen LogP contribution in [0.25, 0.3) is 0 Å². The number of likely N-dealkylation sites (tertiary alicyclic amines) is 1. The molecule has 4 aliphatic rings. The second-order valence-corrected chi connectivity index (χ2v) is 14.2. The fraction of sp³-hybridized carbons (Fsp3) is 0.622. The average Bonchev–Trinajstić information content (AvgIpc) is 3.13. The molecule has 4 aliphatic heterocycles. The van der Waals surface area contributed by atoms with Crippen molar-refractivity contribution in [3.05, 3.63) is 74.1 Å². The van der Waals surface area contributed by atoms with Crippen LogP contribution in [0.3, 0.4) is 0 Å². The van der Waals surface area contributed by atoms with Crippen LogP contribution in [0.15, 0.2) is 46.0 Å². The molecule has 0 atom stereocenters. The van der Waals surface area contributed by atoms with E-state index in [0.717, 1.165) is 108 Å². The Labute approximate surface area is 297 Å². The number of halogens is 1. The Morgan fingerprint density at radius 3 is 1.61 bits per heavy atom. The fourth-order valence-electron chi connectivity index (χ4n) is 7.52. The van der Waals surface area contributed by atoms with E-state index in [1.54, 1.807) is 12.1 Å². The van der Waals surface area contributed by atoms with Gasteiger partial charge in [-0.2, -0.15) is 0 Å². The smallest absolute Gasteiger partial charge is 0.252 e. The molecule has 7 rings (SSSR count). The molecular formula is C37H56ClN9O2. The summed E-state index contributed by atoms with van der Waals surface area (Å²) >= 11 is 0. The number of nitrogens with zero attached hydrogens (tertiary/aromatic N) is 6. The van der Waals surface area contributed by atoms with E-state index in [-0.39, 0.29) is 23.5 Å². The van der Waals surface area contributed by atoms with Gasteiger partial charge in [0.1, 0.15) is 0 Å². The van der Waals surface area contributed by atoms with Gasteiger partial charge in [-0.05, 0) is 108 Å². The molecule has 0 bridgehead atoms. The molecule has 12 heteroatoms. The molecule has 0 spiro atoms. The zero-order valence-corrected chi connectivity index (χ0v) is 30.3. The Morgan fingerprint density at radius 2 is 1.14 bits per heavy atom. The van der Waals surface area contributed by atoms with Crippen molar-refractivity contribution in [2.45, 2.75) is 82.6 Å². The number of aromatic amines is 2. The standard InChI is InChI=1S/C23H33N5O.C14H22N4O.ClH/c1-26(2)20-8-6-18(7-9-20)17-27-14-10-19(11-15-27)21-16-22(29)25-23(24-21)28-12-4-3-5-13-28;19-13-10-12(11-4-6-15-7-5-11)16-14(17-13)18-8-2-1-3-9-18;/h6-9,16,19H,3-5,10-15,17H2,1-2H3,(H,24,25,29);10-11,15H,1-9H2,(H,16,17,19);1H. The molecule has 3 N–H and O–H groups in total. The normalized spacial score (nSPS) is 19.5. The van der Waals surface area contributed by atoms with E-state index in [0.29, 0.717) is 11.8 Å². The molecule has 4 saturated heterocycles. The minimum atomic E-state index is -0.0148. The molecule has 6 heterocycles. The number of hydrogen-bond acceptors (Lipinski definition) is 9. The summed E-state index contributed by atoms with van der Waals surface area (Å²) in [5.41, 5.74) is 4.52. The van der Waals surface area contributed by atoms with Gasteiger partial charge in [0.2, 0.25) is 11.9 Å². The zero-order chi connectivity index (χ0) is 33.3. The predicted molar refractivity (Wildman–Crippen MR) is 202 cm³/mol. The van der Waals surface area contributed by atoms with E-state index >= 15 is 0 Å². The lowest BCUT2D eigenvalue weighted by molar-refractivity contribution is 0.203. The summed E-state index contributed by atoms with van der Waals surface area (Å²) in [5, 5.41) is 3.35. The van der Waals surface area contributed by atoms with Crippen molar-refractivity contribution in [1.29, 1.82) is 0 Å². The highest BCUT2D eigenvalue weighted by molar-refractivity contribution is 5.85. The maximum Gasteiger partial charge on any atom is 0.252 e. The van der Waals surface area contributed by atoms with Crippen molar-refractivity contribution in [3.63, 3.8) is 0 Å². The average molecular weight is 694 g/mol. The largest absolute Gasteiger partial charge is 0.378 e. The summed E-state index contributed by atoms with van der Waals surface area (Å²) in [6.07, 6.45) is 11.6. The molecule has 11 nitrogen and oxygen atoms in total. The van der Waals surface area contributed by atoms with E-state index in [2.05, 4.69) is 73.2 Å². The summed E-state index contributed by atoms with van der Waals surface area (Å²) in [5.74, 6) is 2.37. The molecule has 49 heavy (non-hydrogen) atoms. The number of benzene rings is 1. The molecule has 2 aromatic heterocycles. The van der Waals surface area contributed by atoms with Crippen LogP contribution in [0.4, 0.5) is 17.6 Å². The number of hydrogen-bond donors (Lipinski definition) is 3. The molecule has 0 saturated carbocycles. The molecular weight excluding hydrogens is 638 g/mol. The molecule has 0 unspecified atom stereocenters. The third-order valence-electron chi connectivity index (χ3n) is 10.4. The van der Waals surface area contributed by atoms with Crippen molar-refractivity contribution >= 4 is 30.0 Å². The molecule has 1 aromatic carbocycles. The molecule has 4 fully saturated rings.